The molecule has 0 heteroatoms. The molecule has 0 atom stereocenters. The van der Waals surface area contributed by atoms with Gasteiger partial charge in [-0.15, -0.1) is 0 Å². The van der Waals surface area contributed by atoms with Gasteiger partial charge < -0.3 is 0 Å². The van der Waals surface area contributed by atoms with Gasteiger partial charge in [0, 0.05) is 11.5 Å². The highest BCUT2D eigenvalue weighted by Gasteiger charge is 1.97. The molecule has 15 heavy (non-hydrogen) atoms. The Hall–Kier alpha value is -1.22. The summed E-state index contributed by atoms with van der Waals surface area (Å²) in [6.45, 7) is 8.72. The first-order valence-corrected chi connectivity index (χ1v) is 5.68. The summed E-state index contributed by atoms with van der Waals surface area (Å²) >= 11 is 0. The summed E-state index contributed by atoms with van der Waals surface area (Å²) < 4.78 is 0. The van der Waals surface area contributed by atoms with Gasteiger partial charge >= 0.3 is 0 Å². The van der Waals surface area contributed by atoms with E-state index in [-0.39, 0.29) is 0 Å². The lowest BCUT2D eigenvalue weighted by molar-refractivity contribution is 0.647. The predicted molar refractivity (Wildman–Crippen MR) is 66.7 cm³/mol. The first-order chi connectivity index (χ1) is 7.08. The Morgan fingerprint density at radius 2 is 1.87 bits per heavy atom. The molecule has 0 aliphatic rings. The van der Waals surface area contributed by atoms with E-state index in [0.717, 1.165) is 12.0 Å². The summed E-state index contributed by atoms with van der Waals surface area (Å²) in [4.78, 5) is 0. The molecule has 0 saturated heterocycles. The largest absolute Gasteiger partial charge is 0.0951 e. The molecule has 0 spiro atoms. The van der Waals surface area contributed by atoms with E-state index >= 15 is 0 Å². The molecule has 0 fully saturated rings. The monoisotopic (exact) mass is 200 g/mol. The quantitative estimate of drug-likeness (QED) is 0.635. The normalized spacial score (nSPS) is 10.3. The Morgan fingerprint density at radius 1 is 1.13 bits per heavy atom. The molecule has 0 amide bonds. The fraction of sp³-hybridized carbons (Fsp3) is 0.467. The molecule has 1 aromatic rings. The van der Waals surface area contributed by atoms with E-state index in [4.69, 9.17) is 0 Å². The Bertz CT molecular complexity index is 361. The molecule has 0 unspecified atom stereocenters. The minimum atomic E-state index is 0.443. The average Bonchev–Trinajstić information content (AvgIpc) is 2.14. The second-order valence-corrected chi connectivity index (χ2v) is 4.72. The summed E-state index contributed by atoms with van der Waals surface area (Å²) in [5.41, 5.74) is 2.53. The summed E-state index contributed by atoms with van der Waals surface area (Å²) in [7, 11) is 0. The molecule has 0 radical (unpaired) electrons. The lowest BCUT2D eigenvalue weighted by Gasteiger charge is -2.04. The van der Waals surface area contributed by atoms with Crippen molar-refractivity contribution in [3.63, 3.8) is 0 Å². The van der Waals surface area contributed by atoms with E-state index in [1.807, 2.05) is 0 Å². The Balaban J connectivity index is 2.80. The summed E-state index contributed by atoms with van der Waals surface area (Å²) in [6, 6.07) is 8.57. The van der Waals surface area contributed by atoms with Gasteiger partial charge in [0.25, 0.3) is 0 Å². The van der Waals surface area contributed by atoms with Crippen molar-refractivity contribution in [1.82, 2.24) is 0 Å². The maximum absolute atomic E-state index is 3.21. The minimum absolute atomic E-state index is 0.443. The van der Waals surface area contributed by atoms with E-state index in [0.29, 0.717) is 11.8 Å². The molecule has 1 rings (SSSR count). The fourth-order valence-corrected chi connectivity index (χ4v) is 1.48. The van der Waals surface area contributed by atoms with Gasteiger partial charge in [0.05, 0.1) is 0 Å². The number of hydrogen-bond donors (Lipinski definition) is 0. The van der Waals surface area contributed by atoms with Crippen molar-refractivity contribution >= 4 is 0 Å². The van der Waals surface area contributed by atoms with Crippen LogP contribution in [0.15, 0.2) is 24.3 Å². The van der Waals surface area contributed by atoms with Crippen molar-refractivity contribution in [1.29, 1.82) is 0 Å². The van der Waals surface area contributed by atoms with Gasteiger partial charge in [0.1, 0.15) is 0 Å². The highest BCUT2D eigenvalue weighted by atomic mass is 14.0. The fourth-order valence-electron chi connectivity index (χ4n) is 1.48. The maximum atomic E-state index is 3.21. The highest BCUT2D eigenvalue weighted by Crippen LogP contribution is 2.10. The van der Waals surface area contributed by atoms with Crippen molar-refractivity contribution in [2.24, 2.45) is 11.8 Å². The van der Waals surface area contributed by atoms with Crippen molar-refractivity contribution in [3.05, 3.63) is 35.4 Å². The lowest BCUT2D eigenvalue weighted by Crippen LogP contribution is -1.94. The van der Waals surface area contributed by atoms with Crippen LogP contribution < -0.4 is 0 Å². The number of benzene rings is 1. The predicted octanol–water partition coefficient (Wildman–Crippen LogP) is 3.89. The van der Waals surface area contributed by atoms with Gasteiger partial charge in [-0.3, -0.25) is 0 Å². The molecule has 0 N–H and O–H groups in total. The molecular formula is C15H20. The third-order valence-electron chi connectivity index (χ3n) is 2.08. The number of rotatable bonds is 2. The van der Waals surface area contributed by atoms with E-state index < -0.39 is 0 Å². The summed E-state index contributed by atoms with van der Waals surface area (Å²) in [5.74, 6) is 7.55. The molecular weight excluding hydrogens is 180 g/mol. The zero-order chi connectivity index (χ0) is 11.3. The van der Waals surface area contributed by atoms with Crippen molar-refractivity contribution < 1.29 is 0 Å². The minimum Gasteiger partial charge on any atom is -0.0951 e. The molecule has 0 aliphatic carbocycles. The highest BCUT2D eigenvalue weighted by molar-refractivity contribution is 5.37. The van der Waals surface area contributed by atoms with Crippen LogP contribution in [0.5, 0.6) is 0 Å². The lowest BCUT2D eigenvalue weighted by atomic mass is 10.0. The van der Waals surface area contributed by atoms with Crippen LogP contribution in [-0.2, 0) is 6.42 Å². The molecule has 0 aromatic heterocycles. The van der Waals surface area contributed by atoms with Crippen molar-refractivity contribution in [2.45, 2.75) is 34.1 Å². The standard InChI is InChI=1S/C15H20/c1-12(2)8-9-14-6-5-7-15(11-14)10-13(3)4/h5-7,11-13H,10H2,1-4H3. The van der Waals surface area contributed by atoms with Crippen LogP contribution in [0.1, 0.15) is 38.8 Å². The molecule has 0 nitrogen and oxygen atoms in total. The second-order valence-electron chi connectivity index (χ2n) is 4.72. The van der Waals surface area contributed by atoms with Crippen LogP contribution >= 0.6 is 0 Å². The van der Waals surface area contributed by atoms with Crippen LogP contribution in [0, 0.1) is 23.7 Å². The van der Waals surface area contributed by atoms with Crippen LogP contribution in [0.3, 0.4) is 0 Å². The summed E-state index contributed by atoms with van der Waals surface area (Å²) in [6.07, 6.45) is 1.14. The zero-order valence-corrected chi connectivity index (χ0v) is 10.2. The molecule has 1 aromatic carbocycles. The molecule has 0 bridgehead atoms. The smallest absolute Gasteiger partial charge is 0.0248 e. The van der Waals surface area contributed by atoms with Gasteiger partial charge in [-0.05, 0) is 30.0 Å². The van der Waals surface area contributed by atoms with Crippen LogP contribution in [0.2, 0.25) is 0 Å². The van der Waals surface area contributed by atoms with E-state index in [1.54, 1.807) is 0 Å². The van der Waals surface area contributed by atoms with Gasteiger partial charge in [0.15, 0.2) is 0 Å². The van der Waals surface area contributed by atoms with Gasteiger partial charge in [-0.1, -0.05) is 51.7 Å². The van der Waals surface area contributed by atoms with Gasteiger partial charge in [-0.2, -0.15) is 0 Å². The van der Waals surface area contributed by atoms with E-state index in [2.05, 4.69) is 63.8 Å². The SMILES string of the molecule is CC(C)C#Cc1cccc(CC(C)C)c1. The Kier molecular flexibility index (Phi) is 4.43. The third-order valence-corrected chi connectivity index (χ3v) is 2.08. The topological polar surface area (TPSA) is 0 Å². The van der Waals surface area contributed by atoms with E-state index in [1.165, 1.54) is 5.56 Å². The Morgan fingerprint density at radius 3 is 2.47 bits per heavy atom. The van der Waals surface area contributed by atoms with Crippen molar-refractivity contribution in [3.8, 4) is 11.8 Å². The second kappa shape index (κ2) is 5.61. The average molecular weight is 200 g/mol. The Labute approximate surface area is 93.7 Å². The molecule has 0 aliphatic heterocycles. The zero-order valence-electron chi connectivity index (χ0n) is 10.2. The molecule has 0 heterocycles. The first-order valence-electron chi connectivity index (χ1n) is 5.68. The van der Waals surface area contributed by atoms with Crippen LogP contribution in [0.4, 0.5) is 0 Å². The third kappa shape index (κ3) is 4.70. The van der Waals surface area contributed by atoms with Gasteiger partial charge in [-0.25, -0.2) is 0 Å². The van der Waals surface area contributed by atoms with Crippen LogP contribution in [-0.4, -0.2) is 0 Å². The maximum Gasteiger partial charge on any atom is 0.0248 e. The molecule has 0 saturated carbocycles. The van der Waals surface area contributed by atoms with E-state index in [9.17, 15) is 0 Å². The number of hydrogen-bond acceptors (Lipinski definition) is 0. The summed E-state index contributed by atoms with van der Waals surface area (Å²) in [5, 5.41) is 0. The molecule has 80 valence electrons. The first kappa shape index (κ1) is 11.9. The van der Waals surface area contributed by atoms with Gasteiger partial charge in [0.2, 0.25) is 0 Å². The van der Waals surface area contributed by atoms with Crippen molar-refractivity contribution in [2.75, 3.05) is 0 Å². The van der Waals surface area contributed by atoms with Crippen LogP contribution in [0.25, 0.3) is 0 Å².